The van der Waals surface area contributed by atoms with Crippen molar-refractivity contribution in [2.24, 2.45) is 0 Å². The van der Waals surface area contributed by atoms with Crippen molar-refractivity contribution < 1.29 is 31.9 Å². The number of hydrogen-bond donors (Lipinski definition) is 1. The summed E-state index contributed by atoms with van der Waals surface area (Å²) in [6.45, 7) is 7.71. The van der Waals surface area contributed by atoms with Crippen LogP contribution in [0.3, 0.4) is 0 Å². The van der Waals surface area contributed by atoms with Gasteiger partial charge in [-0.05, 0) is 25.7 Å². The maximum Gasteiger partial charge on any atom is 0.294 e. The third-order valence-electron chi connectivity index (χ3n) is 4.20. The number of rotatable bonds is 18. The average molecular weight is 399 g/mol. The third-order valence-corrected chi connectivity index (χ3v) is 5.14. The molecule has 0 bridgehead atoms. The van der Waals surface area contributed by atoms with E-state index in [-0.39, 0.29) is 32.4 Å². The second kappa shape index (κ2) is 15.8. The highest BCUT2D eigenvalue weighted by molar-refractivity contribution is 7.86. The van der Waals surface area contributed by atoms with E-state index in [1.165, 1.54) is 0 Å². The largest absolute Gasteiger partial charge is 0.352 e. The van der Waals surface area contributed by atoms with E-state index in [1.54, 1.807) is 0 Å². The van der Waals surface area contributed by atoms with Gasteiger partial charge in [0.15, 0.2) is 0 Å². The summed E-state index contributed by atoms with van der Waals surface area (Å²) in [5.74, 6) is 0. The van der Waals surface area contributed by atoms with Crippen molar-refractivity contribution >= 4 is 10.1 Å². The highest BCUT2D eigenvalue weighted by atomic mass is 32.2. The zero-order valence-electron chi connectivity index (χ0n) is 16.8. The Hall–Kier alpha value is -0.250. The van der Waals surface area contributed by atoms with Gasteiger partial charge in [0.25, 0.3) is 10.1 Å². The van der Waals surface area contributed by atoms with Gasteiger partial charge in [-0.15, -0.1) is 0 Å². The van der Waals surface area contributed by atoms with E-state index in [2.05, 4.69) is 13.8 Å². The van der Waals surface area contributed by atoms with Crippen molar-refractivity contribution in [3.63, 3.8) is 0 Å². The van der Waals surface area contributed by atoms with Crippen LogP contribution in [0.15, 0.2) is 0 Å². The highest BCUT2D eigenvalue weighted by Gasteiger charge is 2.25. The fraction of sp³-hybridized carbons (Fsp3) is 1.00. The van der Waals surface area contributed by atoms with Crippen molar-refractivity contribution in [2.45, 2.75) is 96.7 Å². The molecule has 0 radical (unpaired) electrons. The molecule has 0 saturated heterocycles. The molecule has 26 heavy (non-hydrogen) atoms. The molecular formula is C18H38O7S. The first-order valence-electron chi connectivity index (χ1n) is 9.77. The Morgan fingerprint density at radius 2 is 1.31 bits per heavy atom. The van der Waals surface area contributed by atoms with Gasteiger partial charge in [0.05, 0.1) is 18.8 Å². The van der Waals surface area contributed by atoms with Crippen molar-refractivity contribution in [1.29, 1.82) is 0 Å². The summed E-state index contributed by atoms with van der Waals surface area (Å²) in [4.78, 5) is 0. The number of hydrogen-bond acceptors (Lipinski definition) is 6. The molecule has 158 valence electrons. The molecule has 8 heteroatoms. The summed E-state index contributed by atoms with van der Waals surface area (Å²) < 4.78 is 53.7. The zero-order valence-corrected chi connectivity index (χ0v) is 17.6. The lowest BCUT2D eigenvalue weighted by Crippen LogP contribution is -2.31. The van der Waals surface area contributed by atoms with Crippen LogP contribution in [0, 0.1) is 0 Å². The predicted octanol–water partition coefficient (Wildman–Crippen LogP) is 4.12. The van der Waals surface area contributed by atoms with Crippen LogP contribution >= 0.6 is 0 Å². The summed E-state index contributed by atoms with van der Waals surface area (Å²) in [7, 11) is -4.39. The predicted molar refractivity (Wildman–Crippen MR) is 101 cm³/mol. The van der Waals surface area contributed by atoms with Crippen LogP contribution in [0.1, 0.15) is 79.1 Å². The van der Waals surface area contributed by atoms with Gasteiger partial charge in [-0.1, -0.05) is 53.4 Å². The van der Waals surface area contributed by atoms with E-state index in [0.717, 1.165) is 51.4 Å². The van der Waals surface area contributed by atoms with E-state index in [0.29, 0.717) is 0 Å². The van der Waals surface area contributed by atoms with Gasteiger partial charge in [-0.2, -0.15) is 8.42 Å². The second-order valence-electron chi connectivity index (χ2n) is 6.40. The SMILES string of the molecule is CCCCC(CC)OCOCC(OCOC(CC)CCCC)S(=O)(=O)O. The third kappa shape index (κ3) is 13.0. The molecule has 0 aliphatic carbocycles. The van der Waals surface area contributed by atoms with Crippen LogP contribution in [0.4, 0.5) is 0 Å². The Kier molecular flexibility index (Phi) is 15.6. The normalized spacial score (nSPS) is 15.7. The Labute approximate surface area is 159 Å². The molecule has 0 spiro atoms. The average Bonchev–Trinajstić information content (AvgIpc) is 2.61. The summed E-state index contributed by atoms with van der Waals surface area (Å²) in [6.07, 6.45) is 7.91. The first-order valence-corrected chi connectivity index (χ1v) is 11.3. The maximum absolute atomic E-state index is 11.4. The highest BCUT2D eigenvalue weighted by Crippen LogP contribution is 2.11. The lowest BCUT2D eigenvalue weighted by atomic mass is 10.1. The lowest BCUT2D eigenvalue weighted by Gasteiger charge is -2.20. The van der Waals surface area contributed by atoms with Crippen molar-refractivity contribution in [3.8, 4) is 0 Å². The Balaban J connectivity index is 4.21. The van der Waals surface area contributed by atoms with Crippen LogP contribution in [0.25, 0.3) is 0 Å². The summed E-state index contributed by atoms with van der Waals surface area (Å²) in [6, 6.07) is 0. The first kappa shape index (κ1) is 25.8. The number of ether oxygens (including phenoxy) is 4. The van der Waals surface area contributed by atoms with Crippen LogP contribution in [-0.4, -0.2) is 50.8 Å². The van der Waals surface area contributed by atoms with E-state index in [1.807, 2.05) is 13.8 Å². The van der Waals surface area contributed by atoms with E-state index in [4.69, 9.17) is 18.9 Å². The van der Waals surface area contributed by atoms with Crippen LogP contribution in [0.5, 0.6) is 0 Å². The van der Waals surface area contributed by atoms with Gasteiger partial charge >= 0.3 is 0 Å². The van der Waals surface area contributed by atoms with Crippen LogP contribution in [0.2, 0.25) is 0 Å². The molecule has 0 aliphatic heterocycles. The van der Waals surface area contributed by atoms with Crippen molar-refractivity contribution in [3.05, 3.63) is 0 Å². The first-order chi connectivity index (χ1) is 12.4. The Bertz CT molecular complexity index is 414. The molecule has 0 rings (SSSR count). The van der Waals surface area contributed by atoms with Crippen LogP contribution < -0.4 is 0 Å². The molecule has 0 aromatic carbocycles. The molecule has 0 aromatic rings. The molecule has 1 N–H and O–H groups in total. The maximum atomic E-state index is 11.4. The van der Waals surface area contributed by atoms with E-state index in [9.17, 15) is 13.0 Å². The lowest BCUT2D eigenvalue weighted by molar-refractivity contribution is -0.140. The monoisotopic (exact) mass is 398 g/mol. The van der Waals surface area contributed by atoms with Gasteiger partial charge in [-0.25, -0.2) is 0 Å². The minimum atomic E-state index is -4.39. The molecule has 0 aromatic heterocycles. The summed E-state index contributed by atoms with van der Waals surface area (Å²) >= 11 is 0. The van der Waals surface area contributed by atoms with E-state index >= 15 is 0 Å². The van der Waals surface area contributed by atoms with Gasteiger partial charge in [-0.3, -0.25) is 4.55 Å². The summed E-state index contributed by atoms with van der Waals surface area (Å²) in [5.41, 5.74) is -1.48. The fourth-order valence-electron chi connectivity index (χ4n) is 2.39. The zero-order chi connectivity index (χ0) is 19.8. The molecule has 0 heterocycles. The quantitative estimate of drug-likeness (QED) is 0.211. The standard InChI is InChI=1S/C18H38O7S/c1-5-9-11-16(7-3)23-14-22-13-18(26(19,20)21)25-15-24-17(8-4)12-10-6-2/h16-18H,5-15H2,1-4H3,(H,19,20,21). The molecule has 3 unspecified atom stereocenters. The van der Waals surface area contributed by atoms with Crippen molar-refractivity contribution in [1.82, 2.24) is 0 Å². The van der Waals surface area contributed by atoms with Gasteiger partial charge in [0.2, 0.25) is 5.44 Å². The molecule has 0 fully saturated rings. The molecule has 0 saturated carbocycles. The Morgan fingerprint density at radius 1 is 0.808 bits per heavy atom. The van der Waals surface area contributed by atoms with Gasteiger partial charge < -0.3 is 18.9 Å². The van der Waals surface area contributed by atoms with Crippen molar-refractivity contribution in [2.75, 3.05) is 20.2 Å². The molecular weight excluding hydrogens is 360 g/mol. The molecule has 0 amide bonds. The topological polar surface area (TPSA) is 91.3 Å². The smallest absolute Gasteiger partial charge is 0.294 e. The Morgan fingerprint density at radius 3 is 1.73 bits per heavy atom. The van der Waals surface area contributed by atoms with E-state index < -0.39 is 15.6 Å². The fourth-order valence-corrected chi connectivity index (χ4v) is 2.89. The minimum Gasteiger partial charge on any atom is -0.352 e. The molecule has 0 aliphatic rings. The summed E-state index contributed by atoms with van der Waals surface area (Å²) in [5, 5.41) is 0. The molecule has 3 atom stereocenters. The number of unbranched alkanes of at least 4 members (excludes halogenated alkanes) is 2. The minimum absolute atomic E-state index is 0.0186. The van der Waals surface area contributed by atoms with Gasteiger partial charge in [0, 0.05) is 0 Å². The van der Waals surface area contributed by atoms with Crippen LogP contribution in [-0.2, 0) is 29.1 Å². The second-order valence-corrected chi connectivity index (χ2v) is 7.95. The van der Waals surface area contributed by atoms with Gasteiger partial charge in [0.1, 0.15) is 13.6 Å². The molecule has 7 nitrogen and oxygen atoms in total.